The summed E-state index contributed by atoms with van der Waals surface area (Å²) in [4.78, 5) is 35.8. The standard InChI is InChI=1S/C42H60N7O6P/c1-3-4-5-6-7-8-9-10-11-12-13-14-15-16-17-25-38(51)44-26-27-46-56(53,55-37-24-20-22-32-21-18-19-23-33(32)37)54-29-34-31(2)35(28-36(34)50)49-30-45-39-40(49)47-42(43)48-41(39)52/h10-11,18-24,30,34-36,50H,2-9,12-17,25-29H2,1H3,(H,44,51)(H,46,53)(H3,43,47,48,52)/b11-10-/t34-,35-,36-,56?/m0/s1. The van der Waals surface area contributed by atoms with E-state index in [-0.39, 0.29) is 49.1 Å². The molecule has 6 N–H and O–H groups in total. The van der Waals surface area contributed by atoms with Crippen LogP contribution in [-0.4, -0.2) is 56.3 Å². The summed E-state index contributed by atoms with van der Waals surface area (Å²) in [6.07, 6.45) is 21.5. The van der Waals surface area contributed by atoms with Gasteiger partial charge in [-0.3, -0.25) is 19.1 Å². The van der Waals surface area contributed by atoms with Gasteiger partial charge < -0.3 is 25.2 Å². The Kier molecular flexibility index (Phi) is 16.7. The second-order valence-electron chi connectivity index (χ2n) is 14.7. The lowest BCUT2D eigenvalue weighted by Gasteiger charge is -2.24. The van der Waals surface area contributed by atoms with Crippen molar-refractivity contribution in [2.45, 2.75) is 115 Å². The number of rotatable bonds is 25. The number of imidazole rings is 1. The van der Waals surface area contributed by atoms with Gasteiger partial charge in [0, 0.05) is 30.8 Å². The molecule has 1 fully saturated rings. The first-order chi connectivity index (χ1) is 27.2. The Balaban J connectivity index is 1.08. The van der Waals surface area contributed by atoms with Crippen LogP contribution >= 0.6 is 7.75 Å². The minimum atomic E-state index is -4.05. The van der Waals surface area contributed by atoms with Crippen LogP contribution in [0.5, 0.6) is 5.75 Å². The van der Waals surface area contributed by atoms with E-state index >= 15 is 0 Å². The van der Waals surface area contributed by atoms with Gasteiger partial charge >= 0.3 is 7.75 Å². The van der Waals surface area contributed by atoms with E-state index in [0.717, 1.165) is 36.5 Å². The third kappa shape index (κ3) is 12.4. The number of hydrogen-bond acceptors (Lipinski definition) is 9. The number of nitrogens with zero attached hydrogens (tertiary/aromatic N) is 3. The fraction of sp³-hybridized carbons (Fsp3) is 0.524. The van der Waals surface area contributed by atoms with Gasteiger partial charge in [-0.1, -0.05) is 113 Å². The maximum atomic E-state index is 14.4. The second-order valence-corrected chi connectivity index (χ2v) is 16.5. The molecular weight excluding hydrogens is 729 g/mol. The number of nitrogens with two attached hydrogens (primary N) is 1. The van der Waals surface area contributed by atoms with Gasteiger partial charge in [-0.2, -0.15) is 4.98 Å². The Morgan fingerprint density at radius 2 is 1.71 bits per heavy atom. The first kappa shape index (κ1) is 42.8. The molecule has 0 radical (unpaired) electrons. The van der Waals surface area contributed by atoms with Crippen LogP contribution in [0.3, 0.4) is 0 Å². The number of benzene rings is 2. The minimum Gasteiger partial charge on any atom is -0.413 e. The fourth-order valence-corrected chi connectivity index (χ4v) is 8.62. The van der Waals surface area contributed by atoms with E-state index in [0.29, 0.717) is 17.7 Å². The lowest BCUT2D eigenvalue weighted by atomic mass is 10.0. The Morgan fingerprint density at radius 1 is 1.02 bits per heavy atom. The number of amides is 1. The topological polar surface area (TPSA) is 186 Å². The van der Waals surface area contributed by atoms with Gasteiger partial charge in [0.2, 0.25) is 11.9 Å². The molecule has 0 aliphatic heterocycles. The number of aliphatic hydroxyl groups excluding tert-OH is 1. The van der Waals surface area contributed by atoms with Gasteiger partial charge in [0.05, 0.1) is 25.1 Å². The molecule has 1 unspecified atom stereocenters. The summed E-state index contributed by atoms with van der Waals surface area (Å²) in [5, 5.41) is 18.6. The van der Waals surface area contributed by atoms with Gasteiger partial charge in [-0.25, -0.2) is 14.6 Å². The lowest BCUT2D eigenvalue weighted by Crippen LogP contribution is -2.32. The van der Waals surface area contributed by atoms with Crippen molar-refractivity contribution in [1.29, 1.82) is 0 Å². The predicted molar refractivity (Wildman–Crippen MR) is 223 cm³/mol. The molecule has 56 heavy (non-hydrogen) atoms. The smallest absolute Gasteiger partial charge is 0.413 e. The summed E-state index contributed by atoms with van der Waals surface area (Å²) in [5.74, 6) is -0.356. The van der Waals surface area contributed by atoms with Gasteiger partial charge in [-0.05, 0) is 55.6 Å². The SMILES string of the molecule is C=C1[C@H](COP(=O)(NCCNC(=O)CCCCCCC/C=C\CCCCCCCC)Oc2cccc3ccccc23)[C@@H](O)C[C@@H]1n1cnc2c(=O)[nH]c(N)nc21. The van der Waals surface area contributed by atoms with Gasteiger partial charge in [-0.15, -0.1) is 0 Å². The van der Waals surface area contributed by atoms with E-state index in [1.165, 1.54) is 64.1 Å². The van der Waals surface area contributed by atoms with Crippen LogP contribution in [0.1, 0.15) is 109 Å². The molecule has 13 nitrogen and oxygen atoms in total. The summed E-state index contributed by atoms with van der Waals surface area (Å²) < 4.78 is 28.2. The molecule has 4 aromatic rings. The van der Waals surface area contributed by atoms with E-state index < -0.39 is 31.4 Å². The molecular formula is C42H60N7O6P. The molecule has 2 heterocycles. The molecule has 1 aliphatic rings. The van der Waals surface area contributed by atoms with Crippen molar-refractivity contribution < 1.29 is 23.5 Å². The number of fused-ring (bicyclic) bond motifs is 2. The number of carbonyl (C=O) groups excluding carboxylic acids is 1. The summed E-state index contributed by atoms with van der Waals surface area (Å²) >= 11 is 0. The van der Waals surface area contributed by atoms with Crippen LogP contribution in [0.4, 0.5) is 5.95 Å². The predicted octanol–water partition coefficient (Wildman–Crippen LogP) is 8.28. The molecule has 304 valence electrons. The summed E-state index contributed by atoms with van der Waals surface area (Å²) in [7, 11) is -4.05. The molecule has 0 bridgehead atoms. The number of hydrogen-bond donors (Lipinski definition) is 5. The number of unbranched alkanes of at least 4 members (excludes halogenated alkanes) is 11. The highest BCUT2D eigenvalue weighted by molar-refractivity contribution is 7.52. The van der Waals surface area contributed by atoms with Gasteiger partial charge in [0.1, 0.15) is 5.75 Å². The zero-order chi connectivity index (χ0) is 39.8. The number of aromatic amines is 1. The lowest BCUT2D eigenvalue weighted by molar-refractivity contribution is -0.121. The van der Waals surface area contributed by atoms with Crippen molar-refractivity contribution >= 4 is 41.5 Å². The molecule has 1 aliphatic carbocycles. The van der Waals surface area contributed by atoms with Crippen molar-refractivity contribution in [3.05, 3.63) is 83.4 Å². The number of carbonyl (C=O) groups is 1. The van der Waals surface area contributed by atoms with E-state index in [9.17, 15) is 19.3 Å². The zero-order valence-electron chi connectivity index (χ0n) is 32.8. The Morgan fingerprint density at radius 3 is 2.48 bits per heavy atom. The third-order valence-corrected chi connectivity index (χ3v) is 12.0. The minimum absolute atomic E-state index is 0.0508. The Labute approximate surface area is 330 Å². The van der Waals surface area contributed by atoms with Crippen LogP contribution in [0.2, 0.25) is 0 Å². The highest BCUT2D eigenvalue weighted by atomic mass is 31.2. The number of allylic oxidation sites excluding steroid dienone is 2. The number of anilines is 1. The number of aromatic nitrogens is 4. The Bertz CT molecular complexity index is 2010. The van der Waals surface area contributed by atoms with E-state index in [1.54, 1.807) is 10.6 Å². The fourth-order valence-electron chi connectivity index (χ4n) is 7.25. The monoisotopic (exact) mass is 789 g/mol. The van der Waals surface area contributed by atoms with Gasteiger partial charge in [0.25, 0.3) is 5.56 Å². The summed E-state index contributed by atoms with van der Waals surface area (Å²) in [5.41, 5.74) is 6.32. The maximum absolute atomic E-state index is 14.4. The van der Waals surface area contributed by atoms with Crippen molar-refractivity contribution in [1.82, 2.24) is 29.9 Å². The highest BCUT2D eigenvalue weighted by Gasteiger charge is 2.40. The quantitative estimate of drug-likeness (QED) is 0.0249. The summed E-state index contributed by atoms with van der Waals surface area (Å²) in [6.45, 7) is 6.66. The van der Waals surface area contributed by atoms with Crippen LogP contribution in [0.25, 0.3) is 21.9 Å². The number of H-pyrrole nitrogens is 1. The summed E-state index contributed by atoms with van der Waals surface area (Å²) in [6, 6.07) is 12.6. The van der Waals surface area contributed by atoms with Crippen LogP contribution in [-0.2, 0) is 13.9 Å². The molecule has 0 saturated heterocycles. The molecule has 1 saturated carbocycles. The molecule has 2 aromatic heterocycles. The van der Waals surface area contributed by atoms with Crippen molar-refractivity contribution in [3.8, 4) is 5.75 Å². The maximum Gasteiger partial charge on any atom is 0.458 e. The molecule has 2 aromatic carbocycles. The number of nitrogens with one attached hydrogen (secondary N) is 3. The molecule has 5 rings (SSSR count). The first-order valence-electron chi connectivity index (χ1n) is 20.4. The van der Waals surface area contributed by atoms with E-state index in [1.807, 2.05) is 36.4 Å². The largest absolute Gasteiger partial charge is 0.458 e. The normalized spacial score (nSPS) is 18.2. The molecule has 0 spiro atoms. The average molecular weight is 790 g/mol. The highest BCUT2D eigenvalue weighted by Crippen LogP contribution is 2.48. The molecule has 14 heteroatoms. The molecule has 4 atom stereocenters. The molecule has 1 amide bonds. The van der Waals surface area contributed by atoms with Crippen LogP contribution in [0, 0.1) is 5.92 Å². The van der Waals surface area contributed by atoms with Crippen LogP contribution < -0.4 is 26.2 Å². The van der Waals surface area contributed by atoms with E-state index in [4.69, 9.17) is 14.8 Å². The number of aliphatic hydroxyl groups is 1. The van der Waals surface area contributed by atoms with Crippen molar-refractivity contribution in [2.75, 3.05) is 25.4 Å². The number of nitrogen functional groups attached to an aromatic ring is 1. The van der Waals surface area contributed by atoms with Crippen LogP contribution in [0.15, 0.2) is 77.9 Å². The Hall–Kier alpha value is -4.29. The zero-order valence-corrected chi connectivity index (χ0v) is 33.7. The second kappa shape index (κ2) is 21.9. The van der Waals surface area contributed by atoms with Gasteiger partial charge in [0.15, 0.2) is 11.2 Å². The first-order valence-corrected chi connectivity index (χ1v) is 21.9. The third-order valence-electron chi connectivity index (χ3n) is 10.4. The van der Waals surface area contributed by atoms with Crippen molar-refractivity contribution in [3.63, 3.8) is 0 Å². The average Bonchev–Trinajstić information content (AvgIpc) is 3.73. The van der Waals surface area contributed by atoms with E-state index in [2.05, 4.69) is 51.0 Å². The van der Waals surface area contributed by atoms with Crippen molar-refractivity contribution in [2.24, 2.45) is 5.92 Å².